The summed E-state index contributed by atoms with van der Waals surface area (Å²) in [7, 11) is 1.85. The molecular weight excluding hydrogens is 437 g/mol. The quantitative estimate of drug-likeness (QED) is 0.425. The summed E-state index contributed by atoms with van der Waals surface area (Å²) in [6, 6.07) is 7.81. The summed E-state index contributed by atoms with van der Waals surface area (Å²) < 4.78 is 11.8. The molecule has 2 atom stereocenters. The van der Waals surface area contributed by atoms with Gasteiger partial charge in [0.2, 0.25) is 0 Å². The molecule has 1 saturated heterocycles. The van der Waals surface area contributed by atoms with Crippen molar-refractivity contribution < 1.29 is 9.47 Å². The summed E-state index contributed by atoms with van der Waals surface area (Å²) in [4.78, 5) is 6.78. The molecule has 7 heteroatoms. The number of fused-ring (bicyclic) bond motifs is 1. The van der Waals surface area contributed by atoms with Gasteiger partial charge in [-0.2, -0.15) is 11.8 Å². The zero-order valence-electron chi connectivity index (χ0n) is 14.2. The first-order chi connectivity index (χ1) is 11.3. The maximum absolute atomic E-state index is 5.99. The van der Waals surface area contributed by atoms with Gasteiger partial charge in [-0.25, -0.2) is 0 Å². The van der Waals surface area contributed by atoms with Crippen LogP contribution in [0.25, 0.3) is 0 Å². The van der Waals surface area contributed by atoms with E-state index in [0.29, 0.717) is 18.4 Å². The molecule has 1 aromatic carbocycles. The minimum absolute atomic E-state index is 0. The number of benzene rings is 1. The van der Waals surface area contributed by atoms with Gasteiger partial charge in [-0.15, -0.1) is 24.0 Å². The predicted octanol–water partition coefficient (Wildman–Crippen LogP) is 2.85. The van der Waals surface area contributed by atoms with Crippen LogP contribution in [-0.2, 0) is 0 Å². The van der Waals surface area contributed by atoms with Crippen LogP contribution in [-0.4, -0.2) is 61.3 Å². The molecule has 1 aromatic rings. The second-order valence-electron chi connectivity index (χ2n) is 5.77. The number of hydrogen-bond acceptors (Lipinski definition) is 4. The van der Waals surface area contributed by atoms with Crippen LogP contribution in [0.15, 0.2) is 29.3 Å². The Balaban J connectivity index is 0.00000208. The summed E-state index contributed by atoms with van der Waals surface area (Å²) in [6.45, 7) is 5.62. The van der Waals surface area contributed by atoms with Crippen LogP contribution < -0.4 is 14.8 Å². The lowest BCUT2D eigenvalue weighted by molar-refractivity contribution is 0.0931. The van der Waals surface area contributed by atoms with Crippen molar-refractivity contribution in [3.05, 3.63) is 24.3 Å². The third kappa shape index (κ3) is 4.84. The van der Waals surface area contributed by atoms with Gasteiger partial charge in [0.15, 0.2) is 17.5 Å². The second kappa shape index (κ2) is 9.60. The van der Waals surface area contributed by atoms with Crippen molar-refractivity contribution in [2.45, 2.75) is 24.7 Å². The van der Waals surface area contributed by atoms with Gasteiger partial charge in [0.1, 0.15) is 12.7 Å². The van der Waals surface area contributed by atoms with Gasteiger partial charge in [0.05, 0.1) is 6.54 Å². The van der Waals surface area contributed by atoms with Gasteiger partial charge in [0.25, 0.3) is 0 Å². The van der Waals surface area contributed by atoms with Crippen molar-refractivity contribution in [3.8, 4) is 11.5 Å². The van der Waals surface area contributed by atoms with E-state index in [4.69, 9.17) is 9.47 Å². The summed E-state index contributed by atoms with van der Waals surface area (Å²) in [5, 5.41) is 4.14. The highest BCUT2D eigenvalue weighted by molar-refractivity contribution is 14.0. The first-order valence-corrected chi connectivity index (χ1v) is 9.30. The van der Waals surface area contributed by atoms with Crippen LogP contribution in [0.2, 0.25) is 0 Å². The van der Waals surface area contributed by atoms with Crippen molar-refractivity contribution >= 4 is 41.7 Å². The number of hydrogen-bond donors (Lipinski definition) is 1. The van der Waals surface area contributed by atoms with Gasteiger partial charge in [0, 0.05) is 31.1 Å². The van der Waals surface area contributed by atoms with Gasteiger partial charge in [-0.05, 0) is 18.6 Å². The van der Waals surface area contributed by atoms with E-state index >= 15 is 0 Å². The number of nitrogens with zero attached hydrogens (tertiary/aromatic N) is 2. The molecule has 5 nitrogen and oxygen atoms in total. The average molecular weight is 463 g/mol. The number of guanidine groups is 1. The van der Waals surface area contributed by atoms with Crippen LogP contribution in [0.5, 0.6) is 11.5 Å². The minimum Gasteiger partial charge on any atom is -0.486 e. The molecule has 0 saturated carbocycles. The van der Waals surface area contributed by atoms with Crippen molar-refractivity contribution in [1.82, 2.24) is 10.2 Å². The maximum Gasteiger partial charge on any atom is 0.193 e. The molecule has 2 heterocycles. The van der Waals surface area contributed by atoms with Crippen molar-refractivity contribution in [3.63, 3.8) is 0 Å². The number of aliphatic imine (C=N–C) groups is 1. The Morgan fingerprint density at radius 2 is 2.17 bits per heavy atom. The van der Waals surface area contributed by atoms with Crippen molar-refractivity contribution in [2.75, 3.05) is 39.0 Å². The normalized spacial score (nSPS) is 23.4. The molecule has 1 N–H and O–H groups in total. The molecule has 2 aliphatic heterocycles. The van der Waals surface area contributed by atoms with Gasteiger partial charge < -0.3 is 19.7 Å². The van der Waals surface area contributed by atoms with Crippen LogP contribution in [0.1, 0.15) is 13.3 Å². The number of ether oxygens (including phenoxy) is 2. The zero-order valence-corrected chi connectivity index (χ0v) is 17.4. The predicted molar refractivity (Wildman–Crippen MR) is 111 cm³/mol. The van der Waals surface area contributed by atoms with E-state index in [1.807, 2.05) is 31.3 Å². The number of nitrogens with one attached hydrogen (secondary N) is 1. The van der Waals surface area contributed by atoms with E-state index in [1.165, 1.54) is 6.42 Å². The zero-order chi connectivity index (χ0) is 16.1. The van der Waals surface area contributed by atoms with Crippen LogP contribution in [0.4, 0.5) is 0 Å². The molecule has 134 valence electrons. The summed E-state index contributed by atoms with van der Waals surface area (Å²) in [5.74, 6) is 3.77. The van der Waals surface area contributed by atoms with E-state index in [0.717, 1.165) is 36.3 Å². The molecule has 2 unspecified atom stereocenters. The Bertz CT molecular complexity index is 558. The molecule has 3 rings (SSSR count). The first-order valence-electron chi connectivity index (χ1n) is 8.25. The lowest BCUT2D eigenvalue weighted by Crippen LogP contribution is -2.50. The van der Waals surface area contributed by atoms with E-state index < -0.39 is 0 Å². The Morgan fingerprint density at radius 3 is 2.92 bits per heavy atom. The average Bonchev–Trinajstić information content (AvgIpc) is 2.62. The highest BCUT2D eigenvalue weighted by Gasteiger charge is 2.24. The Morgan fingerprint density at radius 1 is 1.38 bits per heavy atom. The van der Waals surface area contributed by atoms with E-state index in [1.54, 1.807) is 0 Å². The monoisotopic (exact) mass is 463 g/mol. The molecule has 0 spiro atoms. The number of thioether (sulfide) groups is 1. The van der Waals surface area contributed by atoms with Gasteiger partial charge >= 0.3 is 0 Å². The first kappa shape index (κ1) is 19.5. The summed E-state index contributed by atoms with van der Waals surface area (Å²) >= 11 is 2.06. The molecule has 0 bridgehead atoms. The minimum atomic E-state index is 0. The highest BCUT2D eigenvalue weighted by Crippen LogP contribution is 2.30. The fourth-order valence-corrected chi connectivity index (χ4v) is 4.04. The Hall–Kier alpha value is -0.830. The molecule has 24 heavy (non-hydrogen) atoms. The van der Waals surface area contributed by atoms with Crippen molar-refractivity contribution in [2.24, 2.45) is 4.99 Å². The molecule has 2 aliphatic rings. The molecule has 0 radical (unpaired) electrons. The molecule has 0 aromatic heterocycles. The molecule has 1 fully saturated rings. The highest BCUT2D eigenvalue weighted by atomic mass is 127. The van der Waals surface area contributed by atoms with Crippen molar-refractivity contribution in [1.29, 1.82) is 0 Å². The Kier molecular flexibility index (Phi) is 7.80. The number of para-hydroxylation sites is 2. The number of halogens is 1. The number of rotatable bonds is 3. The molecular formula is C17H26IN3O2S. The standard InChI is InChI=1S/C17H25N3O2S.HI/c1-3-14-11-20(8-9-23-14)17(18-2)19-10-13-12-21-15-6-4-5-7-16(15)22-13;/h4-7,13-14H,3,8-12H2,1-2H3,(H,18,19);1H. The maximum atomic E-state index is 5.99. The smallest absolute Gasteiger partial charge is 0.193 e. The van der Waals surface area contributed by atoms with Crippen LogP contribution >= 0.6 is 35.7 Å². The van der Waals surface area contributed by atoms with E-state index in [-0.39, 0.29) is 30.1 Å². The topological polar surface area (TPSA) is 46.1 Å². The fourth-order valence-electron chi connectivity index (χ4n) is 2.86. The third-order valence-corrected chi connectivity index (χ3v) is 5.53. The molecule has 0 aliphatic carbocycles. The van der Waals surface area contributed by atoms with E-state index in [9.17, 15) is 0 Å². The second-order valence-corrected chi connectivity index (χ2v) is 7.18. The Labute approximate surface area is 165 Å². The van der Waals surface area contributed by atoms with E-state index in [2.05, 4.69) is 33.9 Å². The SMILES string of the molecule is CCC1CN(C(=NC)NCC2COc3ccccc3O2)CCS1.I. The van der Waals surface area contributed by atoms with Gasteiger partial charge in [-0.1, -0.05) is 19.1 Å². The van der Waals surface area contributed by atoms with Gasteiger partial charge in [-0.3, -0.25) is 4.99 Å². The largest absolute Gasteiger partial charge is 0.486 e. The fraction of sp³-hybridized carbons (Fsp3) is 0.588. The third-order valence-electron chi connectivity index (χ3n) is 4.16. The lowest BCUT2D eigenvalue weighted by Gasteiger charge is -2.35. The lowest BCUT2D eigenvalue weighted by atomic mass is 10.2. The van der Waals surface area contributed by atoms with Crippen LogP contribution in [0, 0.1) is 0 Å². The molecule has 0 amide bonds. The van der Waals surface area contributed by atoms with Crippen LogP contribution in [0.3, 0.4) is 0 Å². The summed E-state index contributed by atoms with van der Waals surface area (Å²) in [6.07, 6.45) is 1.21. The summed E-state index contributed by atoms with van der Waals surface area (Å²) in [5.41, 5.74) is 0.